The van der Waals surface area contributed by atoms with E-state index in [0.717, 1.165) is 23.3 Å². The van der Waals surface area contributed by atoms with Crippen LogP contribution in [0.4, 0.5) is 14.5 Å². The summed E-state index contributed by atoms with van der Waals surface area (Å²) >= 11 is 3.37. The van der Waals surface area contributed by atoms with E-state index in [4.69, 9.17) is 0 Å². The van der Waals surface area contributed by atoms with Crippen molar-refractivity contribution in [2.24, 2.45) is 0 Å². The number of imidazole rings is 1. The van der Waals surface area contributed by atoms with Crippen molar-refractivity contribution < 1.29 is 8.78 Å². The van der Waals surface area contributed by atoms with Crippen LogP contribution in [0, 0.1) is 11.6 Å². The number of nitrogens with zero attached hydrogens (tertiary/aromatic N) is 2. The first-order chi connectivity index (χ1) is 9.60. The van der Waals surface area contributed by atoms with Crippen LogP contribution < -0.4 is 5.32 Å². The van der Waals surface area contributed by atoms with Gasteiger partial charge in [-0.05, 0) is 46.3 Å². The molecule has 0 bridgehead atoms. The smallest absolute Gasteiger partial charge is 0.159 e. The summed E-state index contributed by atoms with van der Waals surface area (Å²) in [4.78, 5) is 4.37. The predicted octanol–water partition coefficient (Wildman–Crippen LogP) is 4.08. The van der Waals surface area contributed by atoms with Crippen molar-refractivity contribution in [1.82, 2.24) is 9.38 Å². The summed E-state index contributed by atoms with van der Waals surface area (Å²) in [5, 5.41) is 3.03. The SMILES string of the molecule is CNc1ccc2c(Br)nc(-c3ccc(F)c(F)c3)n2c1. The molecule has 0 unspecified atom stereocenters. The van der Waals surface area contributed by atoms with Crippen molar-refractivity contribution >= 4 is 27.1 Å². The summed E-state index contributed by atoms with van der Waals surface area (Å²) in [6, 6.07) is 7.55. The number of anilines is 1. The van der Waals surface area contributed by atoms with E-state index >= 15 is 0 Å². The van der Waals surface area contributed by atoms with E-state index in [1.54, 1.807) is 0 Å². The maximum Gasteiger partial charge on any atom is 0.159 e. The average Bonchev–Trinajstić information content (AvgIpc) is 2.78. The number of aromatic nitrogens is 2. The Bertz CT molecular complexity index is 798. The van der Waals surface area contributed by atoms with Gasteiger partial charge in [0.05, 0.1) is 11.2 Å². The topological polar surface area (TPSA) is 29.3 Å². The minimum Gasteiger partial charge on any atom is -0.387 e. The molecule has 3 aromatic rings. The number of hydrogen-bond acceptors (Lipinski definition) is 2. The van der Waals surface area contributed by atoms with Crippen LogP contribution in [0.1, 0.15) is 0 Å². The first-order valence-corrected chi connectivity index (χ1v) is 6.70. The molecule has 0 amide bonds. The summed E-state index contributed by atoms with van der Waals surface area (Å²) in [7, 11) is 1.81. The molecule has 0 saturated carbocycles. The molecule has 2 heterocycles. The van der Waals surface area contributed by atoms with Crippen molar-refractivity contribution in [1.29, 1.82) is 0 Å². The van der Waals surface area contributed by atoms with Crippen LogP contribution in [0.15, 0.2) is 41.1 Å². The van der Waals surface area contributed by atoms with Gasteiger partial charge in [-0.3, -0.25) is 4.40 Å². The van der Waals surface area contributed by atoms with Crippen LogP contribution in [0.5, 0.6) is 0 Å². The summed E-state index contributed by atoms with van der Waals surface area (Å²) in [5.41, 5.74) is 2.26. The Balaban J connectivity index is 2.26. The van der Waals surface area contributed by atoms with Crippen LogP contribution in [0.2, 0.25) is 0 Å². The van der Waals surface area contributed by atoms with Gasteiger partial charge in [0, 0.05) is 18.8 Å². The molecule has 102 valence electrons. The first kappa shape index (κ1) is 13.1. The fourth-order valence-electron chi connectivity index (χ4n) is 2.03. The van der Waals surface area contributed by atoms with Crippen molar-refractivity contribution in [3.8, 4) is 11.4 Å². The van der Waals surface area contributed by atoms with E-state index in [2.05, 4.69) is 26.2 Å². The molecule has 0 aliphatic carbocycles. The van der Waals surface area contributed by atoms with E-state index in [9.17, 15) is 8.78 Å². The predicted molar refractivity (Wildman–Crippen MR) is 77.8 cm³/mol. The zero-order valence-corrected chi connectivity index (χ0v) is 12.1. The Hall–Kier alpha value is -1.95. The second-order valence-corrected chi connectivity index (χ2v) is 5.03. The van der Waals surface area contributed by atoms with E-state index in [-0.39, 0.29) is 0 Å². The zero-order valence-electron chi connectivity index (χ0n) is 10.5. The lowest BCUT2D eigenvalue weighted by molar-refractivity contribution is 0.509. The van der Waals surface area contributed by atoms with Crippen LogP contribution in [0.3, 0.4) is 0 Å². The van der Waals surface area contributed by atoms with Crippen LogP contribution in [-0.2, 0) is 0 Å². The number of pyridine rings is 1. The summed E-state index contributed by atoms with van der Waals surface area (Å²) in [5.74, 6) is -1.22. The fraction of sp³-hybridized carbons (Fsp3) is 0.0714. The third-order valence-electron chi connectivity index (χ3n) is 3.06. The number of rotatable bonds is 2. The maximum absolute atomic E-state index is 13.4. The average molecular weight is 338 g/mol. The minimum absolute atomic E-state index is 0.512. The normalized spacial score (nSPS) is 11.0. The standard InChI is InChI=1S/C14H10BrF2N3/c1-18-9-3-5-12-13(15)19-14(20(12)7-9)8-2-4-10(16)11(17)6-8/h2-7,18H,1H3. The molecule has 0 aliphatic rings. The molecule has 0 fully saturated rings. The Morgan fingerprint density at radius 1 is 1.15 bits per heavy atom. The third kappa shape index (κ3) is 2.06. The van der Waals surface area contributed by atoms with Gasteiger partial charge in [-0.2, -0.15) is 0 Å². The minimum atomic E-state index is -0.889. The highest BCUT2D eigenvalue weighted by Crippen LogP contribution is 2.28. The van der Waals surface area contributed by atoms with Gasteiger partial charge in [0.1, 0.15) is 10.4 Å². The first-order valence-electron chi connectivity index (χ1n) is 5.91. The largest absolute Gasteiger partial charge is 0.387 e. The van der Waals surface area contributed by atoms with Gasteiger partial charge in [-0.1, -0.05) is 0 Å². The van der Waals surface area contributed by atoms with E-state index in [1.165, 1.54) is 6.07 Å². The Labute approximate surface area is 122 Å². The summed E-state index contributed by atoms with van der Waals surface area (Å²) in [6.45, 7) is 0. The molecule has 0 atom stereocenters. The van der Waals surface area contributed by atoms with E-state index in [1.807, 2.05) is 29.8 Å². The Kier molecular flexibility index (Phi) is 3.17. The van der Waals surface area contributed by atoms with Crippen molar-refractivity contribution in [3.05, 3.63) is 52.8 Å². The highest BCUT2D eigenvalue weighted by molar-refractivity contribution is 9.10. The molecule has 0 saturated heterocycles. The molecule has 0 aliphatic heterocycles. The highest BCUT2D eigenvalue weighted by atomic mass is 79.9. The molecule has 3 nitrogen and oxygen atoms in total. The van der Waals surface area contributed by atoms with Crippen molar-refractivity contribution in [2.75, 3.05) is 12.4 Å². The van der Waals surface area contributed by atoms with Gasteiger partial charge in [-0.15, -0.1) is 0 Å². The Morgan fingerprint density at radius 3 is 2.65 bits per heavy atom. The highest BCUT2D eigenvalue weighted by Gasteiger charge is 2.13. The molecule has 3 rings (SSSR count). The van der Waals surface area contributed by atoms with Gasteiger partial charge in [0.25, 0.3) is 0 Å². The summed E-state index contributed by atoms with van der Waals surface area (Å²) < 4.78 is 28.9. The van der Waals surface area contributed by atoms with Crippen molar-refractivity contribution in [2.45, 2.75) is 0 Å². The van der Waals surface area contributed by atoms with E-state index < -0.39 is 11.6 Å². The molecule has 1 aromatic carbocycles. The van der Waals surface area contributed by atoms with Crippen LogP contribution in [0.25, 0.3) is 16.9 Å². The lowest BCUT2D eigenvalue weighted by atomic mass is 10.2. The second-order valence-electron chi connectivity index (χ2n) is 4.28. The number of benzene rings is 1. The lowest BCUT2D eigenvalue weighted by Gasteiger charge is -2.05. The fourth-order valence-corrected chi connectivity index (χ4v) is 2.53. The van der Waals surface area contributed by atoms with Gasteiger partial charge in [-0.25, -0.2) is 13.8 Å². The maximum atomic E-state index is 13.4. The second kappa shape index (κ2) is 4.86. The van der Waals surface area contributed by atoms with Crippen molar-refractivity contribution in [3.63, 3.8) is 0 Å². The lowest BCUT2D eigenvalue weighted by Crippen LogP contribution is -1.94. The summed E-state index contributed by atoms with van der Waals surface area (Å²) in [6.07, 6.45) is 1.85. The van der Waals surface area contributed by atoms with Gasteiger partial charge < -0.3 is 5.32 Å². The third-order valence-corrected chi connectivity index (χ3v) is 3.64. The van der Waals surface area contributed by atoms with E-state index in [0.29, 0.717) is 16.0 Å². The number of fused-ring (bicyclic) bond motifs is 1. The monoisotopic (exact) mass is 337 g/mol. The van der Waals surface area contributed by atoms with Gasteiger partial charge in [0.15, 0.2) is 11.6 Å². The van der Waals surface area contributed by atoms with Crippen LogP contribution >= 0.6 is 15.9 Å². The molecule has 1 N–H and O–H groups in total. The zero-order chi connectivity index (χ0) is 14.3. The molecular formula is C14H10BrF2N3. The van der Waals surface area contributed by atoms with Gasteiger partial charge >= 0.3 is 0 Å². The molecule has 2 aromatic heterocycles. The molecule has 20 heavy (non-hydrogen) atoms. The molecule has 6 heteroatoms. The molecule has 0 radical (unpaired) electrons. The molecule has 0 spiro atoms. The quantitative estimate of drug-likeness (QED) is 0.763. The van der Waals surface area contributed by atoms with Crippen LogP contribution in [-0.4, -0.2) is 16.4 Å². The number of halogens is 3. The number of hydrogen-bond donors (Lipinski definition) is 1. The number of nitrogens with one attached hydrogen (secondary N) is 1. The molecular weight excluding hydrogens is 328 g/mol. The Morgan fingerprint density at radius 2 is 1.95 bits per heavy atom. The van der Waals surface area contributed by atoms with Gasteiger partial charge in [0.2, 0.25) is 0 Å².